The van der Waals surface area contributed by atoms with E-state index in [2.05, 4.69) is 21.2 Å². The Morgan fingerprint density at radius 3 is 2.83 bits per heavy atom. The SMILES string of the molecule is O=C1Nc2ccccc2O/C1=C\c1ccc(Br)s1. The number of anilines is 1. The summed E-state index contributed by atoms with van der Waals surface area (Å²) < 4.78 is 6.62. The van der Waals surface area contributed by atoms with Gasteiger partial charge in [-0.2, -0.15) is 0 Å². The summed E-state index contributed by atoms with van der Waals surface area (Å²) >= 11 is 4.93. The summed E-state index contributed by atoms with van der Waals surface area (Å²) in [6, 6.07) is 11.2. The second kappa shape index (κ2) is 4.59. The Bertz CT molecular complexity index is 648. The summed E-state index contributed by atoms with van der Waals surface area (Å²) in [4.78, 5) is 12.8. The van der Waals surface area contributed by atoms with E-state index >= 15 is 0 Å². The van der Waals surface area contributed by atoms with Crippen LogP contribution in [0, 0.1) is 0 Å². The van der Waals surface area contributed by atoms with Crippen LogP contribution in [0.2, 0.25) is 0 Å². The summed E-state index contributed by atoms with van der Waals surface area (Å²) in [6.45, 7) is 0. The second-order valence-corrected chi connectivity index (χ2v) is 6.20. The molecule has 18 heavy (non-hydrogen) atoms. The van der Waals surface area contributed by atoms with Gasteiger partial charge in [0.1, 0.15) is 0 Å². The first-order valence-corrected chi connectivity index (χ1v) is 6.88. The zero-order valence-corrected chi connectivity index (χ0v) is 11.5. The fourth-order valence-electron chi connectivity index (χ4n) is 1.64. The number of carbonyl (C=O) groups is 1. The molecule has 0 atom stereocenters. The van der Waals surface area contributed by atoms with Gasteiger partial charge < -0.3 is 10.1 Å². The van der Waals surface area contributed by atoms with Crippen molar-refractivity contribution in [1.29, 1.82) is 0 Å². The monoisotopic (exact) mass is 321 g/mol. The van der Waals surface area contributed by atoms with E-state index in [0.717, 1.165) is 8.66 Å². The van der Waals surface area contributed by atoms with E-state index in [1.807, 2.05) is 36.4 Å². The number of amides is 1. The third kappa shape index (κ3) is 2.19. The van der Waals surface area contributed by atoms with Crippen molar-refractivity contribution in [2.75, 3.05) is 5.32 Å². The van der Waals surface area contributed by atoms with E-state index in [-0.39, 0.29) is 5.91 Å². The Morgan fingerprint density at radius 1 is 1.22 bits per heavy atom. The van der Waals surface area contributed by atoms with Crippen molar-refractivity contribution >= 4 is 44.9 Å². The van der Waals surface area contributed by atoms with Gasteiger partial charge in [0.2, 0.25) is 0 Å². The lowest BCUT2D eigenvalue weighted by molar-refractivity contribution is -0.115. The maximum absolute atomic E-state index is 11.9. The van der Waals surface area contributed by atoms with E-state index in [4.69, 9.17) is 4.74 Å². The van der Waals surface area contributed by atoms with Crippen molar-refractivity contribution in [1.82, 2.24) is 0 Å². The molecule has 1 aromatic heterocycles. The van der Waals surface area contributed by atoms with Gasteiger partial charge in [0.15, 0.2) is 11.5 Å². The Kier molecular flexibility index (Phi) is 2.93. The molecule has 0 fully saturated rings. The minimum Gasteiger partial charge on any atom is -0.449 e. The molecule has 0 bridgehead atoms. The van der Waals surface area contributed by atoms with Crippen molar-refractivity contribution < 1.29 is 9.53 Å². The maximum atomic E-state index is 11.9. The molecule has 0 radical (unpaired) electrons. The maximum Gasteiger partial charge on any atom is 0.291 e. The summed E-state index contributed by atoms with van der Waals surface area (Å²) in [5, 5.41) is 2.80. The minimum absolute atomic E-state index is 0.224. The number of thiophene rings is 1. The Morgan fingerprint density at radius 2 is 2.06 bits per heavy atom. The molecular weight excluding hydrogens is 314 g/mol. The first-order chi connectivity index (χ1) is 8.72. The Labute approximate surface area is 116 Å². The highest BCUT2D eigenvalue weighted by Gasteiger charge is 2.21. The standard InChI is InChI=1S/C13H8BrNO2S/c14-12-6-5-8(18-12)7-11-13(16)15-9-3-1-2-4-10(9)17-11/h1-7H,(H,15,16)/b11-7-. The van der Waals surface area contributed by atoms with E-state index in [1.165, 1.54) is 0 Å². The van der Waals surface area contributed by atoms with Gasteiger partial charge >= 0.3 is 0 Å². The van der Waals surface area contributed by atoms with Gasteiger partial charge in [0.25, 0.3) is 5.91 Å². The molecule has 0 spiro atoms. The number of para-hydroxylation sites is 2. The molecule has 0 unspecified atom stereocenters. The van der Waals surface area contributed by atoms with Crippen LogP contribution in [0.4, 0.5) is 5.69 Å². The van der Waals surface area contributed by atoms with Gasteiger partial charge in [-0.25, -0.2) is 0 Å². The van der Waals surface area contributed by atoms with Crippen molar-refractivity contribution in [2.24, 2.45) is 0 Å². The van der Waals surface area contributed by atoms with Crippen molar-refractivity contribution in [2.45, 2.75) is 0 Å². The third-order valence-electron chi connectivity index (χ3n) is 2.45. The highest BCUT2D eigenvalue weighted by Crippen LogP contribution is 2.32. The number of hydrogen-bond donors (Lipinski definition) is 1. The molecule has 2 aromatic rings. The molecule has 0 aliphatic carbocycles. The first-order valence-electron chi connectivity index (χ1n) is 5.27. The van der Waals surface area contributed by atoms with E-state index in [0.29, 0.717) is 17.2 Å². The third-order valence-corrected chi connectivity index (χ3v) is 4.02. The molecule has 5 heteroatoms. The van der Waals surface area contributed by atoms with Gasteiger partial charge in [-0.05, 0) is 40.2 Å². The second-order valence-electron chi connectivity index (χ2n) is 3.70. The van der Waals surface area contributed by atoms with Gasteiger partial charge in [-0.15, -0.1) is 11.3 Å². The summed E-state index contributed by atoms with van der Waals surface area (Å²) in [6.07, 6.45) is 1.74. The minimum atomic E-state index is -0.224. The van der Waals surface area contributed by atoms with Crippen LogP contribution in [0.3, 0.4) is 0 Å². The predicted octanol–water partition coefficient (Wildman–Crippen LogP) is 3.88. The Hall–Kier alpha value is -1.59. The van der Waals surface area contributed by atoms with Crippen molar-refractivity contribution in [3.8, 4) is 5.75 Å². The summed E-state index contributed by atoms with van der Waals surface area (Å²) in [5.41, 5.74) is 0.701. The topological polar surface area (TPSA) is 38.3 Å². The number of nitrogens with one attached hydrogen (secondary N) is 1. The molecule has 3 nitrogen and oxygen atoms in total. The van der Waals surface area contributed by atoms with Crippen LogP contribution < -0.4 is 10.1 Å². The van der Waals surface area contributed by atoms with Crippen LogP contribution in [0.1, 0.15) is 4.88 Å². The fraction of sp³-hybridized carbons (Fsp3) is 0. The van der Waals surface area contributed by atoms with Gasteiger partial charge in [0, 0.05) is 11.0 Å². The van der Waals surface area contributed by atoms with Crippen LogP contribution in [0.15, 0.2) is 45.9 Å². The molecule has 0 saturated heterocycles. The van der Waals surface area contributed by atoms with Crippen LogP contribution in [0.5, 0.6) is 5.75 Å². The number of fused-ring (bicyclic) bond motifs is 1. The first kappa shape index (κ1) is 11.5. The molecule has 1 aliphatic heterocycles. The number of hydrogen-bond acceptors (Lipinski definition) is 3. The van der Waals surface area contributed by atoms with Gasteiger partial charge in [0.05, 0.1) is 9.47 Å². The smallest absolute Gasteiger partial charge is 0.291 e. The van der Waals surface area contributed by atoms with Crippen LogP contribution >= 0.6 is 27.3 Å². The van der Waals surface area contributed by atoms with Gasteiger partial charge in [-0.1, -0.05) is 12.1 Å². The van der Waals surface area contributed by atoms with Gasteiger partial charge in [-0.3, -0.25) is 4.79 Å². The lowest BCUT2D eigenvalue weighted by atomic mass is 10.2. The molecule has 0 saturated carbocycles. The molecule has 1 aromatic carbocycles. The van der Waals surface area contributed by atoms with Crippen LogP contribution in [0.25, 0.3) is 6.08 Å². The number of benzene rings is 1. The zero-order chi connectivity index (χ0) is 12.5. The Balaban J connectivity index is 1.96. The summed E-state index contributed by atoms with van der Waals surface area (Å²) in [5.74, 6) is 0.750. The highest BCUT2D eigenvalue weighted by atomic mass is 79.9. The highest BCUT2D eigenvalue weighted by molar-refractivity contribution is 9.11. The van der Waals surface area contributed by atoms with E-state index < -0.39 is 0 Å². The van der Waals surface area contributed by atoms with Crippen LogP contribution in [-0.4, -0.2) is 5.91 Å². The largest absolute Gasteiger partial charge is 0.449 e. The molecule has 2 heterocycles. The average molecular weight is 322 g/mol. The molecule has 1 aliphatic rings. The normalized spacial score (nSPS) is 16.1. The summed E-state index contributed by atoms with van der Waals surface area (Å²) in [7, 11) is 0. The van der Waals surface area contributed by atoms with E-state index in [1.54, 1.807) is 17.4 Å². The molecule has 3 rings (SSSR count). The number of halogens is 1. The van der Waals surface area contributed by atoms with Crippen molar-refractivity contribution in [3.63, 3.8) is 0 Å². The number of carbonyl (C=O) groups excluding carboxylic acids is 1. The molecular formula is C13H8BrNO2S. The lowest BCUT2D eigenvalue weighted by Gasteiger charge is -2.19. The van der Waals surface area contributed by atoms with E-state index in [9.17, 15) is 4.79 Å². The van der Waals surface area contributed by atoms with Crippen LogP contribution in [-0.2, 0) is 4.79 Å². The number of rotatable bonds is 1. The fourth-order valence-corrected chi connectivity index (χ4v) is 2.99. The molecule has 90 valence electrons. The lowest BCUT2D eigenvalue weighted by Crippen LogP contribution is -2.23. The molecule has 1 amide bonds. The molecule has 1 N–H and O–H groups in total. The average Bonchev–Trinajstić information content (AvgIpc) is 2.76. The zero-order valence-electron chi connectivity index (χ0n) is 9.14. The predicted molar refractivity (Wildman–Crippen MR) is 75.7 cm³/mol. The quantitative estimate of drug-likeness (QED) is 0.809. The van der Waals surface area contributed by atoms with Crippen molar-refractivity contribution in [3.05, 3.63) is 50.8 Å². The number of ether oxygens (including phenoxy) is 1.